The summed E-state index contributed by atoms with van der Waals surface area (Å²) in [4.78, 5) is 8.91. The first-order chi connectivity index (χ1) is 15.0. The first-order valence-corrected chi connectivity index (χ1v) is 11.4. The van der Waals surface area contributed by atoms with Crippen molar-refractivity contribution in [3.05, 3.63) is 79.4 Å². The summed E-state index contributed by atoms with van der Waals surface area (Å²) in [5.74, 6) is 0. The lowest BCUT2D eigenvalue weighted by Crippen LogP contribution is -2.09. The highest BCUT2D eigenvalue weighted by atomic mass is 32.2. The van der Waals surface area contributed by atoms with Gasteiger partial charge in [-0.1, -0.05) is 18.2 Å². The summed E-state index contributed by atoms with van der Waals surface area (Å²) in [5.41, 5.74) is 6.59. The van der Waals surface area contributed by atoms with Crippen LogP contribution in [-0.2, 0) is 10.0 Å². The molecule has 4 heterocycles. The van der Waals surface area contributed by atoms with Crippen LogP contribution in [0.5, 0.6) is 0 Å². The SMILES string of the molecule is CS(=O)(=O)Nc1ccc(-c2n[nH]cc2-c2ccc3ncc(-c4ccccn4)n3c2)cc1. The molecule has 0 fully saturated rings. The van der Waals surface area contributed by atoms with E-state index in [9.17, 15) is 8.42 Å². The molecule has 0 spiro atoms. The second-order valence-electron chi connectivity index (χ2n) is 7.10. The molecule has 0 saturated heterocycles. The van der Waals surface area contributed by atoms with E-state index in [1.807, 2.05) is 65.5 Å². The van der Waals surface area contributed by atoms with Crippen molar-refractivity contribution in [2.45, 2.75) is 0 Å². The van der Waals surface area contributed by atoms with Gasteiger partial charge in [-0.2, -0.15) is 5.10 Å². The average Bonchev–Trinajstić information content (AvgIpc) is 3.41. The average molecular weight is 430 g/mol. The highest BCUT2D eigenvalue weighted by Gasteiger charge is 2.14. The second-order valence-corrected chi connectivity index (χ2v) is 8.85. The Morgan fingerprint density at radius 3 is 2.52 bits per heavy atom. The van der Waals surface area contributed by atoms with Gasteiger partial charge in [0.05, 0.1) is 29.5 Å². The van der Waals surface area contributed by atoms with Gasteiger partial charge in [-0.15, -0.1) is 0 Å². The molecule has 0 aliphatic rings. The Bertz CT molecular complexity index is 1470. The van der Waals surface area contributed by atoms with E-state index in [0.29, 0.717) is 5.69 Å². The normalized spacial score (nSPS) is 11.6. The summed E-state index contributed by atoms with van der Waals surface area (Å²) in [6.07, 6.45) is 8.55. The van der Waals surface area contributed by atoms with Crippen molar-refractivity contribution in [1.82, 2.24) is 24.6 Å². The number of hydrogen-bond acceptors (Lipinski definition) is 5. The molecule has 0 aliphatic heterocycles. The zero-order valence-electron chi connectivity index (χ0n) is 16.5. The number of H-pyrrole nitrogens is 1. The van der Waals surface area contributed by atoms with Crippen LogP contribution in [0.2, 0.25) is 0 Å². The van der Waals surface area contributed by atoms with E-state index < -0.39 is 10.0 Å². The lowest BCUT2D eigenvalue weighted by molar-refractivity contribution is 0.607. The molecule has 0 amide bonds. The predicted octanol–water partition coefficient (Wildman–Crippen LogP) is 3.82. The topological polar surface area (TPSA) is 105 Å². The number of pyridine rings is 2. The van der Waals surface area contributed by atoms with Crippen LogP contribution >= 0.6 is 0 Å². The molecule has 1 aromatic carbocycles. The molecular weight excluding hydrogens is 412 g/mol. The number of nitrogens with zero attached hydrogens (tertiary/aromatic N) is 4. The molecule has 154 valence electrons. The highest BCUT2D eigenvalue weighted by Crippen LogP contribution is 2.32. The molecule has 8 nitrogen and oxygen atoms in total. The molecule has 5 rings (SSSR count). The number of aromatic amines is 1. The molecule has 5 aromatic rings. The van der Waals surface area contributed by atoms with E-state index in [-0.39, 0.29) is 0 Å². The quantitative estimate of drug-likeness (QED) is 0.441. The van der Waals surface area contributed by atoms with E-state index >= 15 is 0 Å². The largest absolute Gasteiger partial charge is 0.298 e. The highest BCUT2D eigenvalue weighted by molar-refractivity contribution is 7.92. The Morgan fingerprint density at radius 1 is 0.968 bits per heavy atom. The summed E-state index contributed by atoms with van der Waals surface area (Å²) in [6, 6.07) is 16.8. The third kappa shape index (κ3) is 3.78. The minimum Gasteiger partial charge on any atom is -0.298 e. The predicted molar refractivity (Wildman–Crippen MR) is 120 cm³/mol. The minimum absolute atomic E-state index is 0.503. The molecule has 31 heavy (non-hydrogen) atoms. The van der Waals surface area contributed by atoms with Gasteiger partial charge in [0, 0.05) is 41.0 Å². The van der Waals surface area contributed by atoms with Crippen molar-refractivity contribution >= 4 is 21.4 Å². The summed E-state index contributed by atoms with van der Waals surface area (Å²) >= 11 is 0. The fourth-order valence-corrected chi connectivity index (χ4v) is 4.05. The van der Waals surface area contributed by atoms with Crippen LogP contribution in [0.1, 0.15) is 0 Å². The monoisotopic (exact) mass is 430 g/mol. The van der Waals surface area contributed by atoms with Crippen LogP contribution in [0.4, 0.5) is 5.69 Å². The van der Waals surface area contributed by atoms with E-state index in [2.05, 4.69) is 24.9 Å². The Morgan fingerprint density at radius 2 is 1.77 bits per heavy atom. The lowest BCUT2D eigenvalue weighted by atomic mass is 10.0. The van der Waals surface area contributed by atoms with Crippen LogP contribution in [0.3, 0.4) is 0 Å². The molecule has 0 unspecified atom stereocenters. The molecule has 4 aromatic heterocycles. The van der Waals surface area contributed by atoms with Gasteiger partial charge in [0.2, 0.25) is 10.0 Å². The van der Waals surface area contributed by atoms with Crippen LogP contribution in [0.15, 0.2) is 79.4 Å². The summed E-state index contributed by atoms with van der Waals surface area (Å²) < 4.78 is 27.3. The van der Waals surface area contributed by atoms with E-state index in [1.54, 1.807) is 18.3 Å². The number of sulfonamides is 1. The van der Waals surface area contributed by atoms with Gasteiger partial charge in [-0.3, -0.25) is 19.2 Å². The van der Waals surface area contributed by atoms with Crippen LogP contribution in [-0.4, -0.2) is 39.2 Å². The lowest BCUT2D eigenvalue weighted by Gasteiger charge is -2.07. The number of rotatable bonds is 5. The van der Waals surface area contributed by atoms with Gasteiger partial charge in [0.1, 0.15) is 5.65 Å². The standard InChI is InChI=1S/C22H18N6O2S/c1-31(29,30)27-17-8-5-15(6-9-17)22-18(12-25-26-22)16-7-10-21-24-13-20(28(21)14-16)19-4-2-3-11-23-19/h2-14,27H,1H3,(H,25,26). The molecule has 0 radical (unpaired) electrons. The van der Waals surface area contributed by atoms with Gasteiger partial charge in [-0.05, 0) is 36.4 Å². The zero-order chi connectivity index (χ0) is 21.4. The van der Waals surface area contributed by atoms with Gasteiger partial charge >= 0.3 is 0 Å². The Hall–Kier alpha value is -3.98. The zero-order valence-corrected chi connectivity index (χ0v) is 17.3. The smallest absolute Gasteiger partial charge is 0.229 e. The summed E-state index contributed by atoms with van der Waals surface area (Å²) in [7, 11) is -3.32. The fraction of sp³-hybridized carbons (Fsp3) is 0.0455. The number of benzene rings is 1. The minimum atomic E-state index is -3.32. The van der Waals surface area contributed by atoms with Crippen LogP contribution in [0.25, 0.3) is 39.4 Å². The van der Waals surface area contributed by atoms with Crippen LogP contribution in [0, 0.1) is 0 Å². The van der Waals surface area contributed by atoms with E-state index in [0.717, 1.165) is 45.7 Å². The first kappa shape index (κ1) is 19.0. The molecule has 0 saturated carbocycles. The third-order valence-corrected chi connectivity index (χ3v) is 5.45. The van der Waals surface area contributed by atoms with Crippen molar-refractivity contribution < 1.29 is 8.42 Å². The molecule has 2 N–H and O–H groups in total. The van der Waals surface area contributed by atoms with Crippen molar-refractivity contribution in [2.75, 3.05) is 11.0 Å². The third-order valence-electron chi connectivity index (χ3n) is 4.85. The van der Waals surface area contributed by atoms with Gasteiger partial charge in [-0.25, -0.2) is 13.4 Å². The van der Waals surface area contributed by atoms with Gasteiger partial charge in [0.25, 0.3) is 0 Å². The van der Waals surface area contributed by atoms with Gasteiger partial charge in [0.15, 0.2) is 0 Å². The Kier molecular flexibility index (Phi) is 4.52. The number of hydrogen-bond donors (Lipinski definition) is 2. The summed E-state index contributed by atoms with van der Waals surface area (Å²) in [6.45, 7) is 0. The maximum Gasteiger partial charge on any atom is 0.229 e. The van der Waals surface area contributed by atoms with Crippen LogP contribution < -0.4 is 4.72 Å². The fourth-order valence-electron chi connectivity index (χ4n) is 3.48. The van der Waals surface area contributed by atoms with Crippen molar-refractivity contribution in [3.63, 3.8) is 0 Å². The van der Waals surface area contributed by atoms with E-state index in [4.69, 9.17) is 0 Å². The summed E-state index contributed by atoms with van der Waals surface area (Å²) in [5, 5.41) is 7.35. The molecule has 0 bridgehead atoms. The maximum atomic E-state index is 11.4. The van der Waals surface area contributed by atoms with Crippen molar-refractivity contribution in [1.29, 1.82) is 0 Å². The molecule has 0 atom stereocenters. The Balaban J connectivity index is 1.55. The number of anilines is 1. The molecular formula is C22H18N6O2S. The molecule has 9 heteroatoms. The number of nitrogens with one attached hydrogen (secondary N) is 2. The van der Waals surface area contributed by atoms with E-state index in [1.165, 1.54) is 0 Å². The number of fused-ring (bicyclic) bond motifs is 1. The van der Waals surface area contributed by atoms with Gasteiger partial charge < -0.3 is 0 Å². The second kappa shape index (κ2) is 7.37. The molecule has 0 aliphatic carbocycles. The first-order valence-electron chi connectivity index (χ1n) is 9.49. The number of imidazole rings is 1. The van der Waals surface area contributed by atoms with Crippen molar-refractivity contribution in [3.8, 4) is 33.8 Å². The Labute approximate surface area is 178 Å². The number of aromatic nitrogens is 5. The maximum absolute atomic E-state index is 11.4. The van der Waals surface area contributed by atoms with Crippen molar-refractivity contribution in [2.24, 2.45) is 0 Å².